The van der Waals surface area contributed by atoms with E-state index in [1.54, 1.807) is 18.3 Å². The minimum atomic E-state index is -0.112. The number of morpholine rings is 1. The number of ether oxygens (including phenoxy) is 1. The van der Waals surface area contributed by atoms with Gasteiger partial charge in [-0.15, -0.1) is 0 Å². The van der Waals surface area contributed by atoms with E-state index in [0.29, 0.717) is 24.3 Å². The van der Waals surface area contributed by atoms with E-state index in [1.165, 1.54) is 0 Å². The quantitative estimate of drug-likeness (QED) is 0.792. The second kappa shape index (κ2) is 7.33. The standard InChI is InChI=1S/C14H22N4O2/c1-2-18-5-6-20-13(10-18)9-17-14(19)11-3-4-16-12(7-11)8-15/h3-4,7,13H,2,5-6,8-10,15H2,1H3,(H,17,19). The van der Waals surface area contributed by atoms with Crippen LogP contribution in [0.5, 0.6) is 0 Å². The third kappa shape index (κ3) is 4.00. The SMILES string of the molecule is CCN1CCOC(CNC(=O)c2ccnc(CN)c2)C1. The maximum absolute atomic E-state index is 12.1. The van der Waals surface area contributed by atoms with Gasteiger partial charge in [-0.05, 0) is 18.7 Å². The molecule has 2 rings (SSSR count). The highest BCUT2D eigenvalue weighted by Gasteiger charge is 2.19. The number of likely N-dealkylation sites (N-methyl/N-ethyl adjacent to an activating group) is 1. The van der Waals surface area contributed by atoms with Crippen LogP contribution in [-0.4, -0.2) is 54.7 Å². The summed E-state index contributed by atoms with van der Waals surface area (Å²) in [5, 5.41) is 2.91. The van der Waals surface area contributed by atoms with Gasteiger partial charge in [0.1, 0.15) is 0 Å². The van der Waals surface area contributed by atoms with Gasteiger partial charge in [0.2, 0.25) is 0 Å². The van der Waals surface area contributed by atoms with Crippen molar-refractivity contribution in [3.8, 4) is 0 Å². The van der Waals surface area contributed by atoms with Gasteiger partial charge in [0.05, 0.1) is 18.4 Å². The minimum absolute atomic E-state index is 0.0588. The zero-order chi connectivity index (χ0) is 14.4. The summed E-state index contributed by atoms with van der Waals surface area (Å²) in [5.74, 6) is -0.112. The second-order valence-corrected chi connectivity index (χ2v) is 4.84. The number of hydrogen-bond acceptors (Lipinski definition) is 5. The van der Waals surface area contributed by atoms with E-state index in [0.717, 1.165) is 26.2 Å². The number of aromatic nitrogens is 1. The molecule has 0 aliphatic carbocycles. The van der Waals surface area contributed by atoms with E-state index in [2.05, 4.69) is 22.1 Å². The van der Waals surface area contributed by atoms with Crippen molar-refractivity contribution in [3.63, 3.8) is 0 Å². The molecule has 0 radical (unpaired) electrons. The number of nitrogens with two attached hydrogens (primary N) is 1. The number of rotatable bonds is 5. The number of nitrogens with zero attached hydrogens (tertiary/aromatic N) is 2. The van der Waals surface area contributed by atoms with E-state index in [9.17, 15) is 4.79 Å². The number of hydrogen-bond donors (Lipinski definition) is 2. The van der Waals surface area contributed by atoms with Crippen molar-refractivity contribution < 1.29 is 9.53 Å². The molecule has 1 amide bonds. The Labute approximate surface area is 119 Å². The molecule has 110 valence electrons. The van der Waals surface area contributed by atoms with Crippen molar-refractivity contribution in [2.75, 3.05) is 32.8 Å². The summed E-state index contributed by atoms with van der Waals surface area (Å²) in [6.07, 6.45) is 1.66. The number of nitrogens with one attached hydrogen (secondary N) is 1. The van der Waals surface area contributed by atoms with E-state index in [-0.39, 0.29) is 12.0 Å². The second-order valence-electron chi connectivity index (χ2n) is 4.84. The van der Waals surface area contributed by atoms with Gasteiger partial charge in [0.25, 0.3) is 5.91 Å². The molecule has 1 aliphatic rings. The zero-order valence-electron chi connectivity index (χ0n) is 11.8. The summed E-state index contributed by atoms with van der Waals surface area (Å²) in [5.41, 5.74) is 6.82. The molecular formula is C14H22N4O2. The molecule has 0 spiro atoms. The van der Waals surface area contributed by atoms with E-state index >= 15 is 0 Å². The summed E-state index contributed by atoms with van der Waals surface area (Å²) in [7, 11) is 0. The third-order valence-electron chi connectivity index (χ3n) is 3.45. The van der Waals surface area contributed by atoms with Gasteiger partial charge in [-0.3, -0.25) is 14.7 Å². The highest BCUT2D eigenvalue weighted by Crippen LogP contribution is 2.05. The van der Waals surface area contributed by atoms with Crippen molar-refractivity contribution in [1.29, 1.82) is 0 Å². The molecule has 1 aliphatic heterocycles. The molecular weight excluding hydrogens is 256 g/mol. The number of carbonyl (C=O) groups excluding carboxylic acids is 1. The highest BCUT2D eigenvalue weighted by molar-refractivity contribution is 5.94. The first-order valence-electron chi connectivity index (χ1n) is 7.00. The Bertz CT molecular complexity index is 453. The predicted octanol–water partition coefficient (Wildman–Crippen LogP) is -0.00920. The van der Waals surface area contributed by atoms with Crippen molar-refractivity contribution in [2.45, 2.75) is 19.6 Å². The van der Waals surface area contributed by atoms with Crippen LogP contribution in [0.2, 0.25) is 0 Å². The topological polar surface area (TPSA) is 80.5 Å². The Morgan fingerprint density at radius 3 is 3.25 bits per heavy atom. The fraction of sp³-hybridized carbons (Fsp3) is 0.571. The van der Waals surface area contributed by atoms with Crippen LogP contribution in [0.1, 0.15) is 23.0 Å². The predicted molar refractivity (Wildman–Crippen MR) is 76.3 cm³/mol. The van der Waals surface area contributed by atoms with E-state index < -0.39 is 0 Å². The Hall–Kier alpha value is -1.50. The van der Waals surface area contributed by atoms with Crippen LogP contribution in [0.3, 0.4) is 0 Å². The summed E-state index contributed by atoms with van der Waals surface area (Å²) in [6, 6.07) is 3.41. The lowest BCUT2D eigenvalue weighted by molar-refractivity contribution is -0.0246. The first-order chi connectivity index (χ1) is 9.72. The van der Waals surface area contributed by atoms with Gasteiger partial charge in [-0.25, -0.2) is 0 Å². The average Bonchev–Trinajstić information content (AvgIpc) is 2.52. The van der Waals surface area contributed by atoms with Gasteiger partial charge in [0, 0.05) is 37.9 Å². The molecule has 2 heterocycles. The van der Waals surface area contributed by atoms with Gasteiger partial charge in [0.15, 0.2) is 0 Å². The van der Waals surface area contributed by atoms with E-state index in [4.69, 9.17) is 10.5 Å². The van der Waals surface area contributed by atoms with Crippen molar-refractivity contribution in [2.24, 2.45) is 5.73 Å². The van der Waals surface area contributed by atoms with Crippen LogP contribution in [0.4, 0.5) is 0 Å². The van der Waals surface area contributed by atoms with Crippen LogP contribution >= 0.6 is 0 Å². The fourth-order valence-corrected chi connectivity index (χ4v) is 2.23. The fourth-order valence-electron chi connectivity index (χ4n) is 2.23. The highest BCUT2D eigenvalue weighted by atomic mass is 16.5. The third-order valence-corrected chi connectivity index (χ3v) is 3.45. The summed E-state index contributed by atoms with van der Waals surface area (Å²) in [6.45, 7) is 6.55. The molecule has 6 nitrogen and oxygen atoms in total. The molecule has 0 bridgehead atoms. The molecule has 1 atom stereocenters. The molecule has 1 unspecified atom stereocenters. The van der Waals surface area contributed by atoms with Gasteiger partial charge in [-0.2, -0.15) is 0 Å². The lowest BCUT2D eigenvalue weighted by Crippen LogP contribution is -2.47. The van der Waals surface area contributed by atoms with Gasteiger partial charge in [-0.1, -0.05) is 6.92 Å². The minimum Gasteiger partial charge on any atom is -0.374 e. The summed E-state index contributed by atoms with van der Waals surface area (Å²) in [4.78, 5) is 18.5. The van der Waals surface area contributed by atoms with Gasteiger partial charge >= 0.3 is 0 Å². The first kappa shape index (κ1) is 14.9. The van der Waals surface area contributed by atoms with Crippen LogP contribution in [0, 0.1) is 0 Å². The Balaban J connectivity index is 1.85. The molecule has 1 aromatic rings. The maximum Gasteiger partial charge on any atom is 0.251 e. The zero-order valence-corrected chi connectivity index (χ0v) is 11.8. The normalized spacial score (nSPS) is 19.8. The lowest BCUT2D eigenvalue weighted by atomic mass is 10.2. The maximum atomic E-state index is 12.1. The van der Waals surface area contributed by atoms with Crippen molar-refractivity contribution >= 4 is 5.91 Å². The number of carbonyl (C=O) groups is 1. The molecule has 1 aromatic heterocycles. The van der Waals surface area contributed by atoms with Crippen molar-refractivity contribution in [3.05, 3.63) is 29.6 Å². The molecule has 1 saturated heterocycles. The van der Waals surface area contributed by atoms with Crippen molar-refractivity contribution in [1.82, 2.24) is 15.2 Å². The Morgan fingerprint density at radius 2 is 2.50 bits per heavy atom. The average molecular weight is 278 g/mol. The van der Waals surface area contributed by atoms with Crippen LogP contribution in [0.15, 0.2) is 18.3 Å². The summed E-state index contributed by atoms with van der Waals surface area (Å²) < 4.78 is 5.65. The van der Waals surface area contributed by atoms with Gasteiger partial charge < -0.3 is 15.8 Å². The number of amides is 1. The first-order valence-corrected chi connectivity index (χ1v) is 7.00. The Kier molecular flexibility index (Phi) is 5.46. The van der Waals surface area contributed by atoms with E-state index in [1.807, 2.05) is 0 Å². The molecule has 6 heteroatoms. The molecule has 1 fully saturated rings. The molecule has 3 N–H and O–H groups in total. The smallest absolute Gasteiger partial charge is 0.251 e. The van der Waals surface area contributed by atoms with Crippen LogP contribution in [-0.2, 0) is 11.3 Å². The van der Waals surface area contributed by atoms with Crippen LogP contribution < -0.4 is 11.1 Å². The number of pyridine rings is 1. The Morgan fingerprint density at radius 1 is 1.65 bits per heavy atom. The molecule has 0 aromatic carbocycles. The molecule has 0 saturated carbocycles. The van der Waals surface area contributed by atoms with Crippen LogP contribution in [0.25, 0.3) is 0 Å². The largest absolute Gasteiger partial charge is 0.374 e. The summed E-state index contributed by atoms with van der Waals surface area (Å²) >= 11 is 0. The molecule has 20 heavy (non-hydrogen) atoms. The monoisotopic (exact) mass is 278 g/mol. The lowest BCUT2D eigenvalue weighted by Gasteiger charge is -2.32.